The van der Waals surface area contributed by atoms with Gasteiger partial charge in [0.1, 0.15) is 18.1 Å². The molecule has 0 saturated heterocycles. The largest absolute Gasteiger partial charge is 0.486 e. The molecule has 2 N–H and O–H groups in total. The number of H-pyrrole nitrogens is 1. The van der Waals surface area contributed by atoms with E-state index >= 15 is 0 Å². The molecule has 2 aromatic heterocycles. The molecule has 0 saturated carbocycles. The summed E-state index contributed by atoms with van der Waals surface area (Å²) in [6, 6.07) is 10.5. The molecule has 0 aliphatic heterocycles. The normalized spacial score (nSPS) is 11.5. The average Bonchev–Trinajstić information content (AvgIpc) is 3.27. The molecule has 28 heavy (non-hydrogen) atoms. The molecule has 0 fully saturated rings. The van der Waals surface area contributed by atoms with Gasteiger partial charge in [-0.1, -0.05) is 19.1 Å². The van der Waals surface area contributed by atoms with Crippen molar-refractivity contribution in [3.8, 4) is 5.75 Å². The number of amides is 1. The third-order valence-electron chi connectivity index (χ3n) is 4.05. The number of carbonyl (C=O) groups excluding carboxylic acids is 1. The highest BCUT2D eigenvalue weighted by Crippen LogP contribution is 2.34. The van der Waals surface area contributed by atoms with Gasteiger partial charge >= 0.3 is 6.18 Å². The third kappa shape index (κ3) is 4.36. The molecule has 0 aliphatic carbocycles. The standard InChI is InChI=1S/C19H18F3N3O3/c1-3-12-4-6-13(7-5-12)27-10-14-8-9-15(28-14)18(26)23-16-11(2)24-25-17(16)19(20,21)22/h4-9H,3,10H2,1-2H3,(H,23,26)(H,24,25). The maximum atomic E-state index is 13.0. The van der Waals surface area contributed by atoms with Gasteiger partial charge in [0.25, 0.3) is 5.91 Å². The van der Waals surface area contributed by atoms with E-state index in [0.29, 0.717) is 11.5 Å². The van der Waals surface area contributed by atoms with Crippen molar-refractivity contribution in [2.45, 2.75) is 33.1 Å². The molecule has 148 valence electrons. The van der Waals surface area contributed by atoms with Crippen molar-refractivity contribution in [2.75, 3.05) is 5.32 Å². The van der Waals surface area contributed by atoms with Crippen LogP contribution in [0.1, 0.15) is 40.2 Å². The number of hydrogen-bond acceptors (Lipinski definition) is 4. The maximum Gasteiger partial charge on any atom is 0.437 e. The molecule has 0 spiro atoms. The van der Waals surface area contributed by atoms with Gasteiger partial charge in [0.05, 0.1) is 11.4 Å². The molecular formula is C19H18F3N3O3. The van der Waals surface area contributed by atoms with E-state index in [2.05, 4.69) is 15.5 Å². The monoisotopic (exact) mass is 393 g/mol. The number of aromatic amines is 1. The smallest absolute Gasteiger partial charge is 0.437 e. The predicted octanol–water partition coefficient (Wildman–Crippen LogP) is 4.72. The molecule has 6 nitrogen and oxygen atoms in total. The molecular weight excluding hydrogens is 375 g/mol. The Morgan fingerprint density at radius 3 is 2.57 bits per heavy atom. The number of hydrogen-bond donors (Lipinski definition) is 2. The minimum absolute atomic E-state index is 0.0806. The number of furan rings is 1. The third-order valence-corrected chi connectivity index (χ3v) is 4.05. The highest BCUT2D eigenvalue weighted by Gasteiger charge is 2.38. The van der Waals surface area contributed by atoms with Crippen LogP contribution >= 0.6 is 0 Å². The SMILES string of the molecule is CCc1ccc(OCc2ccc(C(=O)Nc3c(C(F)(F)F)n[nH]c3C)o2)cc1. The fourth-order valence-corrected chi connectivity index (χ4v) is 2.52. The Balaban J connectivity index is 1.65. The van der Waals surface area contributed by atoms with Crippen LogP contribution < -0.4 is 10.1 Å². The number of halogens is 3. The van der Waals surface area contributed by atoms with Gasteiger partial charge in [-0.15, -0.1) is 0 Å². The number of anilines is 1. The van der Waals surface area contributed by atoms with Crippen LogP contribution in [0.3, 0.4) is 0 Å². The lowest BCUT2D eigenvalue weighted by atomic mass is 10.2. The van der Waals surface area contributed by atoms with Gasteiger partial charge in [-0.3, -0.25) is 9.89 Å². The van der Waals surface area contributed by atoms with Crippen LogP contribution in [0.4, 0.5) is 18.9 Å². The van der Waals surface area contributed by atoms with Crippen LogP contribution in [0.2, 0.25) is 0 Å². The molecule has 3 aromatic rings. The zero-order valence-electron chi connectivity index (χ0n) is 15.2. The second-order valence-corrected chi connectivity index (χ2v) is 6.08. The molecule has 2 heterocycles. The van der Waals surface area contributed by atoms with E-state index < -0.39 is 23.5 Å². The second kappa shape index (κ2) is 7.79. The highest BCUT2D eigenvalue weighted by atomic mass is 19.4. The lowest BCUT2D eigenvalue weighted by molar-refractivity contribution is -0.140. The molecule has 0 radical (unpaired) electrons. The van der Waals surface area contributed by atoms with Gasteiger partial charge in [0.2, 0.25) is 0 Å². The van der Waals surface area contributed by atoms with Crippen LogP contribution in [0.5, 0.6) is 5.75 Å². The first-order chi connectivity index (χ1) is 13.3. The fourth-order valence-electron chi connectivity index (χ4n) is 2.52. The Morgan fingerprint density at radius 1 is 1.21 bits per heavy atom. The van der Waals surface area contributed by atoms with Gasteiger partial charge in [0, 0.05) is 0 Å². The van der Waals surface area contributed by atoms with E-state index in [0.717, 1.165) is 6.42 Å². The van der Waals surface area contributed by atoms with Crippen LogP contribution in [0.15, 0.2) is 40.8 Å². The lowest BCUT2D eigenvalue weighted by Crippen LogP contribution is -2.16. The first-order valence-corrected chi connectivity index (χ1v) is 8.52. The Bertz CT molecular complexity index is 959. The molecule has 9 heteroatoms. The van der Waals surface area contributed by atoms with E-state index in [1.54, 1.807) is 0 Å². The van der Waals surface area contributed by atoms with Crippen LogP contribution in [-0.4, -0.2) is 16.1 Å². The minimum atomic E-state index is -4.69. The summed E-state index contributed by atoms with van der Waals surface area (Å²) >= 11 is 0. The van der Waals surface area contributed by atoms with Gasteiger partial charge in [-0.05, 0) is 43.2 Å². The van der Waals surface area contributed by atoms with Crippen molar-refractivity contribution in [3.63, 3.8) is 0 Å². The zero-order valence-corrected chi connectivity index (χ0v) is 15.2. The van der Waals surface area contributed by atoms with Crippen molar-refractivity contribution < 1.29 is 27.1 Å². The minimum Gasteiger partial charge on any atom is -0.486 e. The number of rotatable bonds is 6. The quantitative estimate of drug-likeness (QED) is 0.635. The second-order valence-electron chi connectivity index (χ2n) is 6.08. The van der Waals surface area contributed by atoms with Gasteiger partial charge in [-0.2, -0.15) is 18.3 Å². The number of aryl methyl sites for hydroxylation is 2. The number of benzene rings is 1. The first kappa shape index (κ1) is 19.5. The van der Waals surface area contributed by atoms with E-state index in [9.17, 15) is 18.0 Å². The van der Waals surface area contributed by atoms with Gasteiger partial charge in [-0.25, -0.2) is 0 Å². The summed E-state index contributed by atoms with van der Waals surface area (Å²) in [6.45, 7) is 3.51. The molecule has 0 aliphatic rings. The Morgan fingerprint density at radius 2 is 1.93 bits per heavy atom. The molecule has 1 aromatic carbocycles. The number of nitrogens with zero attached hydrogens (tertiary/aromatic N) is 1. The summed E-state index contributed by atoms with van der Waals surface area (Å²) in [7, 11) is 0. The Labute approximate surface area is 158 Å². The topological polar surface area (TPSA) is 80.1 Å². The molecule has 0 unspecified atom stereocenters. The molecule has 3 rings (SSSR count). The van der Waals surface area contributed by atoms with Crippen molar-refractivity contribution in [1.82, 2.24) is 10.2 Å². The Hall–Kier alpha value is -3.23. The van der Waals surface area contributed by atoms with Gasteiger partial charge < -0.3 is 14.5 Å². The zero-order chi connectivity index (χ0) is 20.3. The maximum absolute atomic E-state index is 13.0. The van der Waals surface area contributed by atoms with Crippen LogP contribution in [0, 0.1) is 6.92 Å². The average molecular weight is 393 g/mol. The summed E-state index contributed by atoms with van der Waals surface area (Å²) in [6.07, 6.45) is -3.77. The summed E-state index contributed by atoms with van der Waals surface area (Å²) in [5.41, 5.74) is -0.352. The number of ether oxygens (including phenoxy) is 1. The van der Waals surface area contributed by atoms with E-state index in [1.807, 2.05) is 31.2 Å². The fraction of sp³-hybridized carbons (Fsp3) is 0.263. The van der Waals surface area contributed by atoms with Gasteiger partial charge in [0.15, 0.2) is 11.5 Å². The van der Waals surface area contributed by atoms with Crippen molar-refractivity contribution in [2.24, 2.45) is 0 Å². The summed E-state index contributed by atoms with van der Waals surface area (Å²) in [5.74, 6) is 0.0651. The number of nitrogens with one attached hydrogen (secondary N) is 2. The van der Waals surface area contributed by atoms with E-state index in [-0.39, 0.29) is 18.1 Å². The summed E-state index contributed by atoms with van der Waals surface area (Å²) < 4.78 is 49.8. The van der Waals surface area contributed by atoms with E-state index in [1.165, 1.54) is 24.6 Å². The lowest BCUT2D eigenvalue weighted by Gasteiger charge is -2.08. The summed E-state index contributed by atoms with van der Waals surface area (Å²) in [5, 5.41) is 7.61. The summed E-state index contributed by atoms with van der Waals surface area (Å²) in [4.78, 5) is 12.2. The number of aromatic nitrogens is 2. The Kier molecular flexibility index (Phi) is 5.43. The molecule has 0 atom stereocenters. The predicted molar refractivity (Wildman–Crippen MR) is 95.1 cm³/mol. The first-order valence-electron chi connectivity index (χ1n) is 8.52. The molecule has 0 bridgehead atoms. The number of carbonyl (C=O) groups is 1. The van der Waals surface area contributed by atoms with Crippen LogP contribution in [-0.2, 0) is 19.2 Å². The molecule has 1 amide bonds. The van der Waals surface area contributed by atoms with Crippen molar-refractivity contribution >= 4 is 11.6 Å². The van der Waals surface area contributed by atoms with E-state index in [4.69, 9.17) is 9.15 Å². The van der Waals surface area contributed by atoms with Crippen LogP contribution in [0.25, 0.3) is 0 Å². The highest BCUT2D eigenvalue weighted by molar-refractivity contribution is 6.03. The number of alkyl halides is 3. The van der Waals surface area contributed by atoms with Crippen molar-refractivity contribution in [1.29, 1.82) is 0 Å². The van der Waals surface area contributed by atoms with Crippen molar-refractivity contribution in [3.05, 3.63) is 64.9 Å².